The molecular weight excluding hydrogens is 408 g/mol. The number of carbonyl (C=O) groups excluding carboxylic acids is 1. The third kappa shape index (κ3) is 4.83. The summed E-state index contributed by atoms with van der Waals surface area (Å²) in [5.41, 5.74) is 4.78. The standard InChI is InChI=1S/C28H32N4O/c1-21-24-14-15-26(33)32(20-17-23-11-6-3-7-12-23)28(24)30-27(29-21)25-13-8-18-31(25)19-16-22-9-4-2-5-10-22/h2-7,9-12,25H,8,13-20H2,1H3/t25-/m0/s1. The number of amides is 1. The number of nitrogens with zero attached hydrogens (tertiary/aromatic N) is 4. The molecule has 0 radical (unpaired) electrons. The third-order valence-corrected chi connectivity index (χ3v) is 7.01. The maximum atomic E-state index is 12.9. The molecule has 0 aliphatic carbocycles. The maximum Gasteiger partial charge on any atom is 0.228 e. The van der Waals surface area contributed by atoms with E-state index in [1.165, 1.54) is 11.1 Å². The third-order valence-electron chi connectivity index (χ3n) is 7.01. The Morgan fingerprint density at radius 1 is 0.879 bits per heavy atom. The molecule has 1 saturated heterocycles. The maximum absolute atomic E-state index is 12.9. The minimum Gasteiger partial charge on any atom is -0.296 e. The first kappa shape index (κ1) is 21.8. The summed E-state index contributed by atoms with van der Waals surface area (Å²) in [5, 5.41) is 0. The molecule has 2 aliphatic rings. The molecule has 0 spiro atoms. The average Bonchev–Trinajstić information content (AvgIpc) is 3.32. The van der Waals surface area contributed by atoms with Gasteiger partial charge in [0, 0.05) is 30.8 Å². The predicted molar refractivity (Wildman–Crippen MR) is 131 cm³/mol. The quantitative estimate of drug-likeness (QED) is 0.535. The molecule has 1 atom stereocenters. The summed E-state index contributed by atoms with van der Waals surface area (Å²) >= 11 is 0. The van der Waals surface area contributed by atoms with Gasteiger partial charge in [0.1, 0.15) is 11.6 Å². The Balaban J connectivity index is 1.37. The minimum absolute atomic E-state index is 0.176. The van der Waals surface area contributed by atoms with E-state index in [4.69, 9.17) is 9.97 Å². The first-order valence-electron chi connectivity index (χ1n) is 12.2. The highest BCUT2D eigenvalue weighted by atomic mass is 16.2. The summed E-state index contributed by atoms with van der Waals surface area (Å²) in [4.78, 5) is 27.4. The Hall–Kier alpha value is -3.05. The molecule has 170 valence electrons. The smallest absolute Gasteiger partial charge is 0.228 e. The van der Waals surface area contributed by atoms with E-state index in [-0.39, 0.29) is 11.9 Å². The second kappa shape index (κ2) is 9.84. The Labute approximate surface area is 196 Å². The van der Waals surface area contributed by atoms with Gasteiger partial charge >= 0.3 is 0 Å². The van der Waals surface area contributed by atoms with E-state index < -0.39 is 0 Å². The lowest BCUT2D eigenvalue weighted by atomic mass is 10.0. The van der Waals surface area contributed by atoms with Crippen molar-refractivity contribution in [2.75, 3.05) is 24.5 Å². The van der Waals surface area contributed by atoms with Crippen molar-refractivity contribution < 1.29 is 4.79 Å². The SMILES string of the molecule is Cc1nc([C@@H]2CCCN2CCc2ccccc2)nc2c1CCC(=O)N2CCc1ccccc1. The van der Waals surface area contributed by atoms with Crippen molar-refractivity contribution >= 4 is 11.7 Å². The number of likely N-dealkylation sites (tertiary alicyclic amines) is 1. The molecule has 33 heavy (non-hydrogen) atoms. The van der Waals surface area contributed by atoms with Crippen molar-refractivity contribution in [3.63, 3.8) is 0 Å². The molecule has 1 amide bonds. The molecule has 2 aromatic carbocycles. The van der Waals surface area contributed by atoms with Gasteiger partial charge in [-0.1, -0.05) is 60.7 Å². The molecule has 0 N–H and O–H groups in total. The van der Waals surface area contributed by atoms with Gasteiger partial charge in [-0.25, -0.2) is 9.97 Å². The van der Waals surface area contributed by atoms with Gasteiger partial charge < -0.3 is 0 Å². The zero-order valence-corrected chi connectivity index (χ0v) is 19.4. The van der Waals surface area contributed by atoms with Gasteiger partial charge in [-0.2, -0.15) is 0 Å². The molecule has 2 aliphatic heterocycles. The first-order chi connectivity index (χ1) is 16.2. The van der Waals surface area contributed by atoms with Crippen molar-refractivity contribution in [1.29, 1.82) is 0 Å². The Morgan fingerprint density at radius 2 is 1.55 bits per heavy atom. The number of aryl methyl sites for hydroxylation is 1. The van der Waals surface area contributed by atoms with Gasteiger partial charge in [0.05, 0.1) is 6.04 Å². The number of benzene rings is 2. The summed E-state index contributed by atoms with van der Waals surface area (Å²) in [6.07, 6.45) is 5.38. The van der Waals surface area contributed by atoms with Gasteiger partial charge in [-0.05, 0) is 56.7 Å². The second-order valence-electron chi connectivity index (χ2n) is 9.18. The van der Waals surface area contributed by atoms with Crippen LogP contribution in [0.1, 0.15) is 53.5 Å². The number of hydrogen-bond acceptors (Lipinski definition) is 4. The molecular formula is C28H32N4O. The molecule has 1 aromatic heterocycles. The lowest BCUT2D eigenvalue weighted by Crippen LogP contribution is -2.38. The van der Waals surface area contributed by atoms with Crippen LogP contribution in [0.25, 0.3) is 0 Å². The van der Waals surface area contributed by atoms with Crippen molar-refractivity contribution in [1.82, 2.24) is 14.9 Å². The highest BCUT2D eigenvalue weighted by Crippen LogP contribution is 2.34. The molecule has 0 bridgehead atoms. The Kier molecular flexibility index (Phi) is 6.49. The first-order valence-corrected chi connectivity index (χ1v) is 12.2. The van der Waals surface area contributed by atoms with E-state index in [1.807, 2.05) is 11.0 Å². The lowest BCUT2D eigenvalue weighted by Gasteiger charge is -2.31. The predicted octanol–water partition coefficient (Wildman–Crippen LogP) is 4.69. The molecule has 3 heterocycles. The van der Waals surface area contributed by atoms with Gasteiger partial charge in [0.2, 0.25) is 5.91 Å². The lowest BCUT2D eigenvalue weighted by molar-refractivity contribution is -0.118. The van der Waals surface area contributed by atoms with Crippen LogP contribution >= 0.6 is 0 Å². The van der Waals surface area contributed by atoms with E-state index in [0.29, 0.717) is 13.0 Å². The fourth-order valence-corrected chi connectivity index (χ4v) is 5.17. The molecule has 0 saturated carbocycles. The molecule has 1 fully saturated rings. The van der Waals surface area contributed by atoms with E-state index in [9.17, 15) is 4.79 Å². The number of hydrogen-bond donors (Lipinski definition) is 0. The van der Waals surface area contributed by atoms with Crippen molar-refractivity contribution in [3.05, 3.63) is 88.9 Å². The summed E-state index contributed by atoms with van der Waals surface area (Å²) < 4.78 is 0. The normalized spacial score (nSPS) is 18.5. The van der Waals surface area contributed by atoms with Crippen LogP contribution in [0.5, 0.6) is 0 Å². The van der Waals surface area contributed by atoms with Crippen LogP contribution in [0.3, 0.4) is 0 Å². The zero-order chi connectivity index (χ0) is 22.6. The van der Waals surface area contributed by atoms with Crippen molar-refractivity contribution in [2.45, 2.75) is 51.5 Å². The monoisotopic (exact) mass is 440 g/mol. The van der Waals surface area contributed by atoms with Crippen LogP contribution in [0, 0.1) is 6.92 Å². The minimum atomic E-state index is 0.176. The van der Waals surface area contributed by atoms with E-state index in [1.54, 1.807) is 0 Å². The largest absolute Gasteiger partial charge is 0.296 e. The van der Waals surface area contributed by atoms with Crippen LogP contribution in [-0.4, -0.2) is 40.4 Å². The number of rotatable bonds is 7. The van der Waals surface area contributed by atoms with E-state index in [0.717, 1.165) is 68.1 Å². The van der Waals surface area contributed by atoms with E-state index in [2.05, 4.69) is 66.4 Å². The number of anilines is 1. The molecule has 5 heteroatoms. The van der Waals surface area contributed by atoms with Crippen molar-refractivity contribution in [2.24, 2.45) is 0 Å². The number of aromatic nitrogens is 2. The van der Waals surface area contributed by atoms with E-state index >= 15 is 0 Å². The Morgan fingerprint density at radius 3 is 2.24 bits per heavy atom. The van der Waals surface area contributed by atoms with Crippen LogP contribution in [0.15, 0.2) is 60.7 Å². The average molecular weight is 441 g/mol. The summed E-state index contributed by atoms with van der Waals surface area (Å²) in [7, 11) is 0. The fraction of sp³-hybridized carbons (Fsp3) is 0.393. The fourth-order valence-electron chi connectivity index (χ4n) is 5.17. The highest BCUT2D eigenvalue weighted by Gasteiger charge is 2.32. The van der Waals surface area contributed by atoms with Crippen LogP contribution in [0.2, 0.25) is 0 Å². The summed E-state index contributed by atoms with van der Waals surface area (Å²) in [6, 6.07) is 21.3. The topological polar surface area (TPSA) is 49.3 Å². The number of fused-ring (bicyclic) bond motifs is 1. The molecule has 0 unspecified atom stereocenters. The molecule has 5 nitrogen and oxygen atoms in total. The Bertz CT molecular complexity index is 1100. The zero-order valence-electron chi connectivity index (χ0n) is 19.4. The van der Waals surface area contributed by atoms with Gasteiger partial charge in [0.25, 0.3) is 0 Å². The van der Waals surface area contributed by atoms with Crippen molar-refractivity contribution in [3.8, 4) is 0 Å². The summed E-state index contributed by atoms with van der Waals surface area (Å²) in [5.74, 6) is 1.91. The van der Waals surface area contributed by atoms with Gasteiger partial charge in [0.15, 0.2) is 0 Å². The van der Waals surface area contributed by atoms with Crippen LogP contribution < -0.4 is 4.90 Å². The highest BCUT2D eigenvalue weighted by molar-refractivity contribution is 5.95. The van der Waals surface area contributed by atoms with Gasteiger partial charge in [-0.15, -0.1) is 0 Å². The van der Waals surface area contributed by atoms with Gasteiger partial charge in [-0.3, -0.25) is 14.6 Å². The number of carbonyl (C=O) groups is 1. The second-order valence-corrected chi connectivity index (χ2v) is 9.18. The summed E-state index contributed by atoms with van der Waals surface area (Å²) in [6.45, 7) is 4.82. The molecule has 3 aromatic rings. The van der Waals surface area contributed by atoms with Crippen LogP contribution in [0.4, 0.5) is 5.82 Å². The molecule has 5 rings (SSSR count). The van der Waals surface area contributed by atoms with Crippen LogP contribution in [-0.2, 0) is 24.1 Å².